The molecule has 0 radical (unpaired) electrons. The fraction of sp³-hybridized carbons (Fsp3) is 0.778. The maximum Gasteiger partial charge on any atom is 0.0954 e. The van der Waals surface area contributed by atoms with Crippen LogP contribution in [0.25, 0.3) is 0 Å². The molecule has 4 rings (SSSR count). The van der Waals surface area contributed by atoms with Gasteiger partial charge in [-0.1, -0.05) is 12.2 Å². The van der Waals surface area contributed by atoms with Gasteiger partial charge < -0.3 is 20.1 Å². The van der Waals surface area contributed by atoms with Gasteiger partial charge in [0, 0.05) is 23.9 Å². The van der Waals surface area contributed by atoms with Gasteiger partial charge in [0.15, 0.2) is 0 Å². The lowest BCUT2D eigenvalue weighted by Crippen LogP contribution is -2.35. The van der Waals surface area contributed by atoms with E-state index in [2.05, 4.69) is 18.2 Å². The maximum absolute atomic E-state index is 9.63. The van der Waals surface area contributed by atoms with Crippen LogP contribution in [0.2, 0.25) is 0 Å². The SMILES string of the molecule is OCC1C2C=CC(C2)C1COC1=CC2CC1CC2(CO)CO. The zero-order chi connectivity index (χ0) is 15.3. The fourth-order valence-electron chi connectivity index (χ4n) is 5.39. The number of aliphatic hydroxyl groups is 3. The predicted molar refractivity (Wildman–Crippen MR) is 81.7 cm³/mol. The third kappa shape index (κ3) is 2.00. The van der Waals surface area contributed by atoms with Crippen LogP contribution in [0.5, 0.6) is 0 Å². The van der Waals surface area contributed by atoms with Gasteiger partial charge in [-0.3, -0.25) is 0 Å². The molecule has 122 valence electrons. The molecule has 0 aromatic heterocycles. The van der Waals surface area contributed by atoms with E-state index in [1.807, 2.05) is 0 Å². The van der Waals surface area contributed by atoms with Gasteiger partial charge in [0.05, 0.1) is 25.6 Å². The van der Waals surface area contributed by atoms with Crippen molar-refractivity contribution in [3.63, 3.8) is 0 Å². The highest BCUT2D eigenvalue weighted by molar-refractivity contribution is 5.21. The number of fused-ring (bicyclic) bond motifs is 4. The minimum Gasteiger partial charge on any atom is -0.498 e. The Labute approximate surface area is 131 Å². The molecule has 4 aliphatic carbocycles. The van der Waals surface area contributed by atoms with Crippen LogP contribution in [0.4, 0.5) is 0 Å². The highest BCUT2D eigenvalue weighted by atomic mass is 16.5. The summed E-state index contributed by atoms with van der Waals surface area (Å²) in [7, 11) is 0. The van der Waals surface area contributed by atoms with Crippen LogP contribution in [0.15, 0.2) is 24.0 Å². The summed E-state index contributed by atoms with van der Waals surface area (Å²) in [5.74, 6) is 3.54. The summed E-state index contributed by atoms with van der Waals surface area (Å²) in [6, 6.07) is 0. The van der Waals surface area contributed by atoms with Crippen molar-refractivity contribution >= 4 is 0 Å². The molecule has 4 aliphatic rings. The minimum absolute atomic E-state index is 0.0538. The van der Waals surface area contributed by atoms with E-state index in [0.717, 1.165) is 18.6 Å². The van der Waals surface area contributed by atoms with E-state index in [4.69, 9.17) is 4.74 Å². The minimum atomic E-state index is -0.333. The third-order valence-electron chi connectivity index (χ3n) is 6.83. The largest absolute Gasteiger partial charge is 0.498 e. The average Bonchev–Trinajstić information content (AvgIpc) is 3.30. The Bertz CT molecular complexity index is 493. The lowest BCUT2D eigenvalue weighted by atomic mass is 9.77. The monoisotopic (exact) mass is 306 g/mol. The second-order valence-corrected chi connectivity index (χ2v) is 7.76. The van der Waals surface area contributed by atoms with E-state index in [1.165, 1.54) is 6.42 Å². The highest BCUT2D eigenvalue weighted by Gasteiger charge is 2.52. The molecular formula is C18H26O4. The van der Waals surface area contributed by atoms with Crippen LogP contribution in [0.3, 0.4) is 0 Å². The van der Waals surface area contributed by atoms with Crippen molar-refractivity contribution < 1.29 is 20.1 Å². The Morgan fingerprint density at radius 3 is 2.36 bits per heavy atom. The Morgan fingerprint density at radius 2 is 1.77 bits per heavy atom. The molecule has 0 saturated heterocycles. The van der Waals surface area contributed by atoms with E-state index in [9.17, 15) is 15.3 Å². The van der Waals surface area contributed by atoms with Gasteiger partial charge in [0.25, 0.3) is 0 Å². The van der Waals surface area contributed by atoms with Gasteiger partial charge in [-0.15, -0.1) is 0 Å². The second kappa shape index (κ2) is 5.36. The Kier molecular flexibility index (Phi) is 3.59. The second-order valence-electron chi connectivity index (χ2n) is 7.76. The topological polar surface area (TPSA) is 69.9 Å². The fourth-order valence-corrected chi connectivity index (χ4v) is 5.39. The summed E-state index contributed by atoms with van der Waals surface area (Å²) < 4.78 is 6.14. The quantitative estimate of drug-likeness (QED) is 0.648. The standard InChI is InChI=1S/C18H26O4/c19-7-15-11-1-2-12(3-11)16(15)8-22-17-5-14-4-13(17)6-18(14,9-20)10-21/h1-2,5,11-16,19-21H,3-4,6-10H2. The molecule has 2 fully saturated rings. The number of hydrogen-bond acceptors (Lipinski definition) is 4. The molecule has 3 N–H and O–H groups in total. The summed E-state index contributed by atoms with van der Waals surface area (Å²) in [5.41, 5.74) is -0.333. The maximum atomic E-state index is 9.63. The molecule has 0 heterocycles. The number of rotatable bonds is 6. The van der Waals surface area contributed by atoms with E-state index in [1.54, 1.807) is 0 Å². The molecule has 4 bridgehead atoms. The number of hydrogen-bond donors (Lipinski definition) is 3. The Hall–Kier alpha value is -0.840. The number of ether oxygens (including phenoxy) is 1. The first kappa shape index (κ1) is 14.7. The zero-order valence-electron chi connectivity index (χ0n) is 12.9. The number of allylic oxidation sites excluding steroid dienone is 4. The van der Waals surface area contributed by atoms with Crippen molar-refractivity contribution in [3.8, 4) is 0 Å². The first-order valence-corrected chi connectivity index (χ1v) is 8.56. The Morgan fingerprint density at radius 1 is 1.05 bits per heavy atom. The predicted octanol–water partition coefficient (Wildman–Crippen LogP) is 1.33. The van der Waals surface area contributed by atoms with Crippen LogP contribution in [0, 0.1) is 40.9 Å². The van der Waals surface area contributed by atoms with E-state index in [-0.39, 0.29) is 31.2 Å². The summed E-state index contributed by atoms with van der Waals surface area (Å²) in [5, 5.41) is 28.8. The first-order valence-electron chi connectivity index (χ1n) is 8.56. The van der Waals surface area contributed by atoms with E-state index in [0.29, 0.717) is 36.2 Å². The summed E-state index contributed by atoms with van der Waals surface area (Å²) in [6.07, 6.45) is 9.69. The van der Waals surface area contributed by atoms with Crippen molar-refractivity contribution in [1.29, 1.82) is 0 Å². The van der Waals surface area contributed by atoms with Gasteiger partial charge in [0.2, 0.25) is 0 Å². The molecule has 4 nitrogen and oxygen atoms in total. The summed E-state index contributed by atoms with van der Waals surface area (Å²) in [4.78, 5) is 0. The van der Waals surface area contributed by atoms with Crippen LogP contribution in [-0.2, 0) is 4.74 Å². The molecule has 22 heavy (non-hydrogen) atoms. The van der Waals surface area contributed by atoms with Crippen LogP contribution in [-0.4, -0.2) is 41.7 Å². The third-order valence-corrected chi connectivity index (χ3v) is 6.83. The van der Waals surface area contributed by atoms with Crippen molar-refractivity contribution in [1.82, 2.24) is 0 Å². The molecular weight excluding hydrogens is 280 g/mol. The molecule has 0 amide bonds. The molecule has 2 saturated carbocycles. The van der Waals surface area contributed by atoms with E-state index < -0.39 is 0 Å². The van der Waals surface area contributed by atoms with Crippen molar-refractivity contribution in [3.05, 3.63) is 24.0 Å². The lowest BCUT2D eigenvalue weighted by molar-refractivity contribution is 0.0225. The van der Waals surface area contributed by atoms with Crippen molar-refractivity contribution in [2.75, 3.05) is 26.4 Å². The molecule has 4 heteroatoms. The highest BCUT2D eigenvalue weighted by Crippen LogP contribution is 2.55. The zero-order valence-corrected chi connectivity index (χ0v) is 12.9. The molecule has 0 spiro atoms. The molecule has 0 aliphatic heterocycles. The molecule has 6 unspecified atom stereocenters. The molecule has 0 aromatic rings. The van der Waals surface area contributed by atoms with Gasteiger partial charge in [0.1, 0.15) is 0 Å². The summed E-state index contributed by atoms with van der Waals surface area (Å²) in [6.45, 7) is 1.05. The van der Waals surface area contributed by atoms with Gasteiger partial charge >= 0.3 is 0 Å². The van der Waals surface area contributed by atoms with Gasteiger partial charge in [-0.2, -0.15) is 0 Å². The summed E-state index contributed by atoms with van der Waals surface area (Å²) >= 11 is 0. The first-order chi connectivity index (χ1) is 10.7. The smallest absolute Gasteiger partial charge is 0.0954 e. The average molecular weight is 306 g/mol. The normalized spacial score (nSPS) is 43.9. The molecule has 0 aromatic carbocycles. The van der Waals surface area contributed by atoms with Crippen LogP contribution in [0.1, 0.15) is 19.3 Å². The van der Waals surface area contributed by atoms with Crippen LogP contribution >= 0.6 is 0 Å². The van der Waals surface area contributed by atoms with E-state index >= 15 is 0 Å². The van der Waals surface area contributed by atoms with Crippen molar-refractivity contribution in [2.24, 2.45) is 40.9 Å². The molecule has 6 atom stereocenters. The lowest BCUT2D eigenvalue weighted by Gasteiger charge is -2.33. The van der Waals surface area contributed by atoms with Crippen molar-refractivity contribution in [2.45, 2.75) is 19.3 Å². The number of aliphatic hydroxyl groups excluding tert-OH is 3. The van der Waals surface area contributed by atoms with Gasteiger partial charge in [-0.25, -0.2) is 0 Å². The Balaban J connectivity index is 1.40. The van der Waals surface area contributed by atoms with Gasteiger partial charge in [-0.05, 0) is 49.0 Å². The van der Waals surface area contributed by atoms with Crippen LogP contribution < -0.4 is 0 Å².